The van der Waals surface area contributed by atoms with E-state index in [0.29, 0.717) is 5.92 Å². The Labute approximate surface area is 102 Å². The first kappa shape index (κ1) is 12.6. The standard InChI is InChI=1S/C11H19N3O2S/c1-9-4-3-5-10(6-9)14(2)17(15,16)11-7-12-13-8-11/h7-10H,3-6H2,1-2H3,(H,12,13). The minimum Gasteiger partial charge on any atom is -0.284 e. The van der Waals surface area contributed by atoms with Gasteiger partial charge < -0.3 is 0 Å². The molecule has 1 fully saturated rings. The molecule has 2 unspecified atom stereocenters. The van der Waals surface area contributed by atoms with Gasteiger partial charge in [0, 0.05) is 19.3 Å². The lowest BCUT2D eigenvalue weighted by molar-refractivity contribution is 0.239. The van der Waals surface area contributed by atoms with Crippen molar-refractivity contribution in [3.8, 4) is 0 Å². The van der Waals surface area contributed by atoms with Gasteiger partial charge in [0.1, 0.15) is 4.90 Å². The molecule has 5 nitrogen and oxygen atoms in total. The zero-order valence-electron chi connectivity index (χ0n) is 10.3. The lowest BCUT2D eigenvalue weighted by Gasteiger charge is -2.33. The second-order valence-electron chi connectivity index (χ2n) is 4.88. The van der Waals surface area contributed by atoms with E-state index in [1.165, 1.54) is 23.1 Å². The van der Waals surface area contributed by atoms with E-state index in [-0.39, 0.29) is 10.9 Å². The van der Waals surface area contributed by atoms with Crippen LogP contribution in [-0.2, 0) is 10.0 Å². The van der Waals surface area contributed by atoms with Crippen LogP contribution in [0.15, 0.2) is 17.3 Å². The van der Waals surface area contributed by atoms with Crippen LogP contribution in [-0.4, -0.2) is 36.0 Å². The molecule has 2 atom stereocenters. The first-order valence-electron chi connectivity index (χ1n) is 5.98. The van der Waals surface area contributed by atoms with Crippen LogP contribution in [0.3, 0.4) is 0 Å². The second-order valence-corrected chi connectivity index (χ2v) is 6.88. The van der Waals surface area contributed by atoms with Crippen molar-refractivity contribution in [3.63, 3.8) is 0 Å². The Balaban J connectivity index is 2.17. The van der Waals surface area contributed by atoms with Gasteiger partial charge in [-0.2, -0.15) is 9.40 Å². The maximum absolute atomic E-state index is 12.3. The molecule has 1 heterocycles. The molecule has 0 aliphatic heterocycles. The average molecular weight is 257 g/mol. The fourth-order valence-corrected chi connectivity index (χ4v) is 3.78. The molecule has 17 heavy (non-hydrogen) atoms. The van der Waals surface area contributed by atoms with E-state index >= 15 is 0 Å². The minimum atomic E-state index is -3.38. The summed E-state index contributed by atoms with van der Waals surface area (Å²) in [5.41, 5.74) is 0. The summed E-state index contributed by atoms with van der Waals surface area (Å²) in [5, 5.41) is 6.25. The molecule has 0 aromatic carbocycles. The summed E-state index contributed by atoms with van der Waals surface area (Å²) in [6.07, 6.45) is 7.01. The fourth-order valence-electron chi connectivity index (χ4n) is 2.47. The van der Waals surface area contributed by atoms with Gasteiger partial charge in [0.25, 0.3) is 0 Å². The van der Waals surface area contributed by atoms with Gasteiger partial charge in [0.2, 0.25) is 10.0 Å². The van der Waals surface area contributed by atoms with E-state index in [1.54, 1.807) is 7.05 Å². The molecule has 2 rings (SSSR count). The SMILES string of the molecule is CC1CCCC(N(C)S(=O)(=O)c2cn[nH]c2)C1. The molecule has 6 heteroatoms. The molecule has 1 saturated carbocycles. The second kappa shape index (κ2) is 4.78. The van der Waals surface area contributed by atoms with E-state index in [0.717, 1.165) is 19.3 Å². The number of H-pyrrole nitrogens is 1. The van der Waals surface area contributed by atoms with Crippen LogP contribution in [0.25, 0.3) is 0 Å². The Morgan fingerprint density at radius 1 is 1.47 bits per heavy atom. The molecule has 1 aliphatic carbocycles. The highest BCUT2D eigenvalue weighted by molar-refractivity contribution is 7.89. The topological polar surface area (TPSA) is 66.1 Å². The third kappa shape index (κ3) is 2.52. The summed E-state index contributed by atoms with van der Waals surface area (Å²) in [6.45, 7) is 2.18. The third-order valence-electron chi connectivity index (χ3n) is 3.57. The zero-order valence-corrected chi connectivity index (χ0v) is 11.1. The molecule has 0 amide bonds. The van der Waals surface area contributed by atoms with Gasteiger partial charge in [-0.05, 0) is 18.8 Å². The maximum atomic E-state index is 12.3. The number of aromatic nitrogens is 2. The predicted molar refractivity (Wildman–Crippen MR) is 65.0 cm³/mol. The Morgan fingerprint density at radius 3 is 2.82 bits per heavy atom. The van der Waals surface area contributed by atoms with E-state index in [2.05, 4.69) is 17.1 Å². The largest absolute Gasteiger partial charge is 0.284 e. The molecular formula is C11H19N3O2S. The van der Waals surface area contributed by atoms with E-state index < -0.39 is 10.0 Å². The summed E-state index contributed by atoms with van der Waals surface area (Å²) >= 11 is 0. The highest BCUT2D eigenvalue weighted by Crippen LogP contribution is 2.29. The molecule has 0 spiro atoms. The van der Waals surface area contributed by atoms with Gasteiger partial charge >= 0.3 is 0 Å². The zero-order chi connectivity index (χ0) is 12.5. The van der Waals surface area contributed by atoms with Crippen LogP contribution in [0.5, 0.6) is 0 Å². The number of hydrogen-bond acceptors (Lipinski definition) is 3. The lowest BCUT2D eigenvalue weighted by atomic mass is 9.87. The molecule has 1 aliphatic rings. The molecule has 1 N–H and O–H groups in total. The van der Waals surface area contributed by atoms with Crippen molar-refractivity contribution in [3.05, 3.63) is 12.4 Å². The summed E-state index contributed by atoms with van der Waals surface area (Å²) in [6, 6.07) is 0.124. The first-order chi connectivity index (χ1) is 8.01. The summed E-state index contributed by atoms with van der Waals surface area (Å²) < 4.78 is 26.0. The van der Waals surface area contributed by atoms with Crippen molar-refractivity contribution in [2.24, 2.45) is 5.92 Å². The molecule has 1 aromatic heterocycles. The maximum Gasteiger partial charge on any atom is 0.246 e. The monoisotopic (exact) mass is 257 g/mol. The summed E-state index contributed by atoms with van der Waals surface area (Å²) in [5.74, 6) is 0.607. The minimum absolute atomic E-state index is 0.124. The van der Waals surface area contributed by atoms with Gasteiger partial charge in [-0.3, -0.25) is 5.10 Å². The van der Waals surface area contributed by atoms with Gasteiger partial charge in [0.05, 0.1) is 6.20 Å². The summed E-state index contributed by atoms with van der Waals surface area (Å²) in [7, 11) is -1.71. The van der Waals surface area contributed by atoms with Crippen molar-refractivity contribution in [1.82, 2.24) is 14.5 Å². The third-order valence-corrected chi connectivity index (χ3v) is 5.45. The van der Waals surface area contributed by atoms with Crippen molar-refractivity contribution in [1.29, 1.82) is 0 Å². The van der Waals surface area contributed by atoms with Gasteiger partial charge in [-0.25, -0.2) is 8.42 Å². The summed E-state index contributed by atoms with van der Waals surface area (Å²) in [4.78, 5) is 0.248. The number of hydrogen-bond donors (Lipinski definition) is 1. The van der Waals surface area contributed by atoms with Gasteiger partial charge in [-0.1, -0.05) is 19.8 Å². The predicted octanol–water partition coefficient (Wildman–Crippen LogP) is 1.61. The molecular weight excluding hydrogens is 238 g/mol. The fraction of sp³-hybridized carbons (Fsp3) is 0.727. The Bertz CT molecular complexity index is 455. The van der Waals surface area contributed by atoms with Crippen LogP contribution in [0.2, 0.25) is 0 Å². The Hall–Kier alpha value is -0.880. The van der Waals surface area contributed by atoms with E-state index in [4.69, 9.17) is 0 Å². The quantitative estimate of drug-likeness (QED) is 0.894. The molecule has 0 bridgehead atoms. The van der Waals surface area contributed by atoms with Crippen molar-refractivity contribution in [2.45, 2.75) is 43.5 Å². The van der Waals surface area contributed by atoms with Gasteiger partial charge in [-0.15, -0.1) is 0 Å². The average Bonchev–Trinajstić information content (AvgIpc) is 2.82. The smallest absolute Gasteiger partial charge is 0.246 e. The molecule has 1 aromatic rings. The molecule has 0 saturated heterocycles. The highest BCUT2D eigenvalue weighted by Gasteiger charge is 2.31. The number of sulfonamides is 1. The molecule has 0 radical (unpaired) electrons. The van der Waals surface area contributed by atoms with Crippen molar-refractivity contribution < 1.29 is 8.42 Å². The van der Waals surface area contributed by atoms with E-state index in [1.807, 2.05) is 0 Å². The van der Waals surface area contributed by atoms with Crippen molar-refractivity contribution >= 4 is 10.0 Å². The Morgan fingerprint density at radius 2 is 2.24 bits per heavy atom. The number of rotatable bonds is 3. The first-order valence-corrected chi connectivity index (χ1v) is 7.42. The normalized spacial score (nSPS) is 26.3. The van der Waals surface area contributed by atoms with Crippen molar-refractivity contribution in [2.75, 3.05) is 7.05 Å². The number of aromatic amines is 1. The van der Waals surface area contributed by atoms with Crippen LogP contribution >= 0.6 is 0 Å². The van der Waals surface area contributed by atoms with Gasteiger partial charge in [0.15, 0.2) is 0 Å². The van der Waals surface area contributed by atoms with Crippen LogP contribution < -0.4 is 0 Å². The van der Waals surface area contributed by atoms with E-state index in [9.17, 15) is 8.42 Å². The number of nitrogens with zero attached hydrogens (tertiary/aromatic N) is 2. The lowest BCUT2D eigenvalue weighted by Crippen LogP contribution is -2.39. The Kier molecular flexibility index (Phi) is 3.53. The van der Waals surface area contributed by atoms with Crippen LogP contribution in [0, 0.1) is 5.92 Å². The number of nitrogens with one attached hydrogen (secondary N) is 1. The highest BCUT2D eigenvalue weighted by atomic mass is 32.2. The molecule has 96 valence electrons. The van der Waals surface area contributed by atoms with Crippen LogP contribution in [0.1, 0.15) is 32.6 Å². The van der Waals surface area contributed by atoms with Crippen LogP contribution in [0.4, 0.5) is 0 Å².